The van der Waals surface area contributed by atoms with Crippen LogP contribution in [0.4, 0.5) is 0 Å². The zero-order valence-corrected chi connectivity index (χ0v) is 8.16. The Labute approximate surface area is 76.4 Å². The molecule has 0 saturated heterocycles. The van der Waals surface area contributed by atoms with Crippen molar-refractivity contribution in [2.75, 3.05) is 0 Å². The number of hydrogen-bond acceptors (Lipinski definition) is 2. The molecule has 1 aromatic heterocycles. The Hall–Kier alpha value is -0.0800. The molecule has 0 aromatic carbocycles. The van der Waals surface area contributed by atoms with Gasteiger partial charge in [-0.05, 0) is 26.2 Å². The fourth-order valence-electron chi connectivity index (χ4n) is 0.911. The highest BCUT2D eigenvalue weighted by molar-refractivity contribution is 7.09. The number of aryl methyl sites for hydroxylation is 1. The lowest BCUT2D eigenvalue weighted by atomic mass is 10.2. The van der Waals surface area contributed by atoms with E-state index in [-0.39, 0.29) is 0 Å². The second kappa shape index (κ2) is 4.73. The molecule has 1 atom stereocenters. The van der Waals surface area contributed by atoms with E-state index < -0.39 is 0 Å². The zero-order chi connectivity index (χ0) is 8.10. The number of nitrogens with zero attached hydrogens (tertiary/aromatic N) is 1. The van der Waals surface area contributed by atoms with Crippen LogP contribution in [0.2, 0.25) is 0 Å². The van der Waals surface area contributed by atoms with Crippen molar-refractivity contribution in [1.29, 1.82) is 0 Å². The molecule has 0 spiro atoms. The van der Waals surface area contributed by atoms with Gasteiger partial charge in [0, 0.05) is 17.0 Å². The van der Waals surface area contributed by atoms with Gasteiger partial charge in [0.15, 0.2) is 0 Å². The van der Waals surface area contributed by atoms with E-state index in [1.165, 1.54) is 5.01 Å². The van der Waals surface area contributed by atoms with E-state index in [9.17, 15) is 0 Å². The van der Waals surface area contributed by atoms with Crippen LogP contribution in [0.1, 0.15) is 24.8 Å². The molecular formula is C8H12ClNS. The molecule has 0 N–H and O–H groups in total. The van der Waals surface area contributed by atoms with Crippen molar-refractivity contribution in [2.45, 2.75) is 31.6 Å². The quantitative estimate of drug-likeness (QED) is 0.664. The molecule has 1 heterocycles. The first-order valence-electron chi connectivity index (χ1n) is 3.81. The molecular weight excluding hydrogens is 178 g/mol. The van der Waals surface area contributed by atoms with Crippen LogP contribution < -0.4 is 0 Å². The minimum atomic E-state index is 0.301. The van der Waals surface area contributed by atoms with Crippen molar-refractivity contribution < 1.29 is 0 Å². The summed E-state index contributed by atoms with van der Waals surface area (Å²) in [4.78, 5) is 4.19. The van der Waals surface area contributed by atoms with E-state index in [4.69, 9.17) is 11.6 Å². The smallest absolute Gasteiger partial charge is 0.0924 e. The molecule has 1 unspecified atom stereocenters. The van der Waals surface area contributed by atoms with E-state index in [0.29, 0.717) is 5.38 Å². The van der Waals surface area contributed by atoms with Crippen molar-refractivity contribution >= 4 is 22.9 Å². The third kappa shape index (κ3) is 3.73. The second-order valence-corrected chi connectivity index (χ2v) is 4.32. The molecule has 0 saturated carbocycles. The van der Waals surface area contributed by atoms with E-state index in [2.05, 4.69) is 4.98 Å². The number of halogens is 1. The summed E-state index contributed by atoms with van der Waals surface area (Å²) in [6.45, 7) is 2.03. The molecule has 11 heavy (non-hydrogen) atoms. The number of alkyl halides is 1. The topological polar surface area (TPSA) is 12.9 Å². The minimum absolute atomic E-state index is 0.301. The van der Waals surface area contributed by atoms with Gasteiger partial charge in [-0.3, -0.25) is 0 Å². The molecule has 1 nitrogen and oxygen atoms in total. The minimum Gasteiger partial charge on any atom is -0.250 e. The summed E-state index contributed by atoms with van der Waals surface area (Å²) < 4.78 is 0. The Balaban J connectivity index is 2.14. The molecule has 0 aliphatic carbocycles. The van der Waals surface area contributed by atoms with Crippen LogP contribution in [-0.2, 0) is 6.42 Å². The van der Waals surface area contributed by atoms with Gasteiger partial charge in [-0.25, -0.2) is 4.98 Å². The van der Waals surface area contributed by atoms with Gasteiger partial charge in [-0.1, -0.05) is 0 Å². The van der Waals surface area contributed by atoms with Gasteiger partial charge in [0.25, 0.3) is 0 Å². The van der Waals surface area contributed by atoms with Crippen LogP contribution in [0.3, 0.4) is 0 Å². The van der Waals surface area contributed by atoms with Gasteiger partial charge in [0.05, 0.1) is 5.01 Å². The maximum atomic E-state index is 5.80. The fourth-order valence-corrected chi connectivity index (χ4v) is 1.73. The second-order valence-electron chi connectivity index (χ2n) is 2.60. The molecule has 0 fully saturated rings. The summed E-state index contributed by atoms with van der Waals surface area (Å²) in [5.41, 5.74) is 0. The highest BCUT2D eigenvalue weighted by Gasteiger charge is 1.98. The lowest BCUT2D eigenvalue weighted by molar-refractivity contribution is 0.721. The summed E-state index contributed by atoms with van der Waals surface area (Å²) in [6.07, 6.45) is 5.16. The van der Waals surface area contributed by atoms with E-state index in [1.54, 1.807) is 11.3 Å². The van der Waals surface area contributed by atoms with Crippen LogP contribution in [-0.4, -0.2) is 10.4 Å². The normalized spacial score (nSPS) is 13.3. The summed E-state index contributed by atoms with van der Waals surface area (Å²) >= 11 is 7.52. The lowest BCUT2D eigenvalue weighted by Gasteiger charge is -1.99. The first-order valence-corrected chi connectivity index (χ1v) is 5.13. The number of thiazole rings is 1. The summed E-state index contributed by atoms with van der Waals surface area (Å²) in [5.74, 6) is 0. The number of rotatable bonds is 4. The molecule has 0 aliphatic rings. The predicted molar refractivity (Wildman–Crippen MR) is 50.4 cm³/mol. The first kappa shape index (κ1) is 9.01. The Morgan fingerprint density at radius 2 is 2.55 bits per heavy atom. The monoisotopic (exact) mass is 189 g/mol. The number of aromatic nitrogens is 1. The van der Waals surface area contributed by atoms with Gasteiger partial charge in [0.2, 0.25) is 0 Å². The van der Waals surface area contributed by atoms with Gasteiger partial charge in [0.1, 0.15) is 0 Å². The first-order chi connectivity index (χ1) is 5.29. The molecule has 0 bridgehead atoms. The molecule has 3 heteroatoms. The average Bonchev–Trinajstić information content (AvgIpc) is 2.39. The molecule has 0 amide bonds. The zero-order valence-electron chi connectivity index (χ0n) is 6.59. The van der Waals surface area contributed by atoms with Crippen molar-refractivity contribution in [3.05, 3.63) is 16.6 Å². The Bertz CT molecular complexity index is 184. The third-order valence-electron chi connectivity index (χ3n) is 1.48. The maximum Gasteiger partial charge on any atom is 0.0924 e. The predicted octanol–water partition coefficient (Wildman–Crippen LogP) is 3.09. The van der Waals surface area contributed by atoms with Gasteiger partial charge >= 0.3 is 0 Å². The van der Waals surface area contributed by atoms with E-state index in [0.717, 1.165) is 19.3 Å². The highest BCUT2D eigenvalue weighted by Crippen LogP contribution is 2.11. The van der Waals surface area contributed by atoms with Crippen LogP contribution in [0.25, 0.3) is 0 Å². The van der Waals surface area contributed by atoms with Gasteiger partial charge < -0.3 is 0 Å². The lowest BCUT2D eigenvalue weighted by Crippen LogP contribution is -1.92. The molecule has 0 radical (unpaired) electrons. The Kier molecular flexibility index (Phi) is 3.87. The van der Waals surface area contributed by atoms with Crippen LogP contribution in [0.15, 0.2) is 11.6 Å². The summed E-state index contributed by atoms with van der Waals surface area (Å²) in [6, 6.07) is 0. The van der Waals surface area contributed by atoms with Gasteiger partial charge in [-0.2, -0.15) is 0 Å². The van der Waals surface area contributed by atoms with Crippen molar-refractivity contribution in [3.8, 4) is 0 Å². The molecule has 1 rings (SSSR count). The van der Waals surface area contributed by atoms with E-state index in [1.807, 2.05) is 18.5 Å². The van der Waals surface area contributed by atoms with Crippen LogP contribution in [0, 0.1) is 0 Å². The summed E-state index contributed by atoms with van der Waals surface area (Å²) in [5, 5.41) is 3.54. The molecule has 1 aromatic rings. The SMILES string of the molecule is CC(Cl)CCCc1nccs1. The number of hydrogen-bond donors (Lipinski definition) is 0. The molecule has 0 aliphatic heterocycles. The highest BCUT2D eigenvalue weighted by atomic mass is 35.5. The third-order valence-corrected chi connectivity index (χ3v) is 2.53. The maximum absolute atomic E-state index is 5.80. The van der Waals surface area contributed by atoms with Crippen molar-refractivity contribution in [3.63, 3.8) is 0 Å². The standard InChI is InChI=1S/C8H12ClNS/c1-7(9)3-2-4-8-10-5-6-11-8/h5-7H,2-4H2,1H3. The van der Waals surface area contributed by atoms with Gasteiger partial charge in [-0.15, -0.1) is 22.9 Å². The Morgan fingerprint density at radius 3 is 3.09 bits per heavy atom. The average molecular weight is 190 g/mol. The summed E-state index contributed by atoms with van der Waals surface area (Å²) in [7, 11) is 0. The Morgan fingerprint density at radius 1 is 1.73 bits per heavy atom. The van der Waals surface area contributed by atoms with Crippen LogP contribution in [0.5, 0.6) is 0 Å². The van der Waals surface area contributed by atoms with Crippen LogP contribution >= 0.6 is 22.9 Å². The van der Waals surface area contributed by atoms with E-state index >= 15 is 0 Å². The fraction of sp³-hybridized carbons (Fsp3) is 0.625. The molecule has 62 valence electrons. The van der Waals surface area contributed by atoms with Crippen molar-refractivity contribution in [1.82, 2.24) is 4.98 Å². The van der Waals surface area contributed by atoms with Crippen molar-refractivity contribution in [2.24, 2.45) is 0 Å². The largest absolute Gasteiger partial charge is 0.250 e.